The average molecular weight is 203 g/mol. The van der Waals surface area contributed by atoms with Crippen LogP contribution >= 0.6 is 0 Å². The van der Waals surface area contributed by atoms with Gasteiger partial charge < -0.3 is 10.1 Å². The minimum absolute atomic E-state index is 0.694. The fourth-order valence-corrected chi connectivity index (χ4v) is 1.90. The number of hydrogen-bond acceptors (Lipinski definition) is 2. The van der Waals surface area contributed by atoms with Crippen LogP contribution in [0.1, 0.15) is 23.9 Å². The first-order valence-corrected chi connectivity index (χ1v) is 5.42. The van der Waals surface area contributed by atoms with Crippen LogP contribution in [0.5, 0.6) is 0 Å². The lowest BCUT2D eigenvalue weighted by Crippen LogP contribution is -2.03. The number of fused-ring (bicyclic) bond motifs is 1. The minimum Gasteiger partial charge on any atom is -0.330 e. The van der Waals surface area contributed by atoms with Crippen molar-refractivity contribution in [2.45, 2.75) is 26.7 Å². The molecule has 0 atom stereocenters. The highest BCUT2D eigenvalue weighted by atomic mass is 15.0. The molecule has 2 rings (SSSR count). The van der Waals surface area contributed by atoms with Crippen molar-refractivity contribution < 1.29 is 0 Å². The summed E-state index contributed by atoms with van der Waals surface area (Å²) in [6.07, 6.45) is 4.05. The summed E-state index contributed by atoms with van der Waals surface area (Å²) in [4.78, 5) is 4.56. The topological polar surface area (TPSA) is 43.3 Å². The quantitative estimate of drug-likeness (QED) is 0.825. The maximum atomic E-state index is 5.55. The van der Waals surface area contributed by atoms with Gasteiger partial charge in [0.1, 0.15) is 5.65 Å². The van der Waals surface area contributed by atoms with Crippen LogP contribution in [-0.2, 0) is 12.8 Å². The van der Waals surface area contributed by atoms with Gasteiger partial charge in [-0.05, 0) is 37.9 Å². The van der Waals surface area contributed by atoms with E-state index in [0.717, 1.165) is 18.5 Å². The minimum atomic E-state index is 0.694. The summed E-state index contributed by atoms with van der Waals surface area (Å²) in [6.45, 7) is 4.94. The predicted molar refractivity (Wildman–Crippen MR) is 62.1 cm³/mol. The van der Waals surface area contributed by atoms with Crippen LogP contribution in [0.15, 0.2) is 18.3 Å². The van der Waals surface area contributed by atoms with Gasteiger partial charge in [-0.2, -0.15) is 0 Å². The third-order valence-corrected chi connectivity index (χ3v) is 2.78. The Bertz CT molecular complexity index is 471. The van der Waals surface area contributed by atoms with E-state index in [1.54, 1.807) is 0 Å². The molecule has 0 fully saturated rings. The Morgan fingerprint density at radius 1 is 1.40 bits per heavy atom. The number of nitrogens with two attached hydrogens (primary N) is 1. The highest BCUT2D eigenvalue weighted by Gasteiger charge is 2.06. The molecule has 3 heteroatoms. The summed E-state index contributed by atoms with van der Waals surface area (Å²) >= 11 is 0. The first kappa shape index (κ1) is 10.2. The number of aromatic nitrogens is 2. The maximum Gasteiger partial charge on any atom is 0.137 e. The van der Waals surface area contributed by atoms with Crippen LogP contribution in [0, 0.1) is 6.92 Å². The Balaban J connectivity index is 2.54. The van der Waals surface area contributed by atoms with E-state index >= 15 is 0 Å². The predicted octanol–water partition coefficient (Wildman–Crippen LogP) is 1.71. The first-order valence-electron chi connectivity index (χ1n) is 5.42. The molecule has 2 aromatic rings. The Labute approximate surface area is 89.9 Å². The Hall–Kier alpha value is -1.35. The number of hydrogen-bond donors (Lipinski definition) is 1. The Kier molecular flexibility index (Phi) is 2.73. The van der Waals surface area contributed by atoms with E-state index in [2.05, 4.69) is 41.6 Å². The molecular formula is C12H17N3. The molecular weight excluding hydrogens is 186 g/mol. The zero-order chi connectivity index (χ0) is 10.8. The van der Waals surface area contributed by atoms with Gasteiger partial charge >= 0.3 is 0 Å². The van der Waals surface area contributed by atoms with Crippen molar-refractivity contribution in [3.8, 4) is 0 Å². The second kappa shape index (κ2) is 4.03. The highest BCUT2D eigenvalue weighted by Crippen LogP contribution is 2.13. The molecule has 3 nitrogen and oxygen atoms in total. The smallest absolute Gasteiger partial charge is 0.137 e. The van der Waals surface area contributed by atoms with Crippen molar-refractivity contribution in [2.75, 3.05) is 6.54 Å². The van der Waals surface area contributed by atoms with Gasteiger partial charge in [0.2, 0.25) is 0 Å². The summed E-state index contributed by atoms with van der Waals surface area (Å²) < 4.78 is 2.16. The van der Waals surface area contributed by atoms with E-state index in [0.29, 0.717) is 6.54 Å². The van der Waals surface area contributed by atoms with Crippen molar-refractivity contribution in [3.63, 3.8) is 0 Å². The molecule has 0 aliphatic rings. The summed E-state index contributed by atoms with van der Waals surface area (Å²) in [5, 5.41) is 0. The van der Waals surface area contributed by atoms with E-state index in [1.807, 2.05) is 0 Å². The summed E-state index contributed by atoms with van der Waals surface area (Å²) in [7, 11) is 0. The fraction of sp³-hybridized carbons (Fsp3) is 0.417. The van der Waals surface area contributed by atoms with Gasteiger partial charge in [0.25, 0.3) is 0 Å². The van der Waals surface area contributed by atoms with Crippen LogP contribution in [-0.4, -0.2) is 15.9 Å². The molecule has 2 N–H and O–H groups in total. The summed E-state index contributed by atoms with van der Waals surface area (Å²) in [6, 6.07) is 4.17. The SMILES string of the molecule is CCc1nc2ccc(CCN)cn2c1C. The molecule has 0 spiro atoms. The number of nitrogens with zero attached hydrogens (tertiary/aromatic N) is 2. The van der Waals surface area contributed by atoms with Gasteiger partial charge in [0.15, 0.2) is 0 Å². The second-order valence-electron chi connectivity index (χ2n) is 3.80. The number of pyridine rings is 1. The standard InChI is InChI=1S/C12H17N3/c1-3-11-9(2)15-8-10(6-7-13)4-5-12(15)14-11/h4-5,8H,3,6-7,13H2,1-2H3. The van der Waals surface area contributed by atoms with E-state index in [-0.39, 0.29) is 0 Å². The van der Waals surface area contributed by atoms with Crippen LogP contribution in [0.3, 0.4) is 0 Å². The van der Waals surface area contributed by atoms with Gasteiger partial charge in [0.05, 0.1) is 5.69 Å². The van der Waals surface area contributed by atoms with Gasteiger partial charge in [-0.15, -0.1) is 0 Å². The van der Waals surface area contributed by atoms with Gasteiger partial charge in [-0.3, -0.25) is 0 Å². The Morgan fingerprint density at radius 2 is 2.20 bits per heavy atom. The number of imidazole rings is 1. The lowest BCUT2D eigenvalue weighted by atomic mass is 10.2. The molecule has 0 aliphatic heterocycles. The summed E-state index contributed by atoms with van der Waals surface area (Å²) in [5.41, 5.74) is 10.3. The van der Waals surface area contributed by atoms with Crippen molar-refractivity contribution >= 4 is 5.65 Å². The molecule has 0 saturated carbocycles. The van der Waals surface area contributed by atoms with Crippen molar-refractivity contribution in [1.29, 1.82) is 0 Å². The fourth-order valence-electron chi connectivity index (χ4n) is 1.90. The zero-order valence-corrected chi connectivity index (χ0v) is 9.33. The first-order chi connectivity index (χ1) is 7.26. The molecule has 0 aromatic carbocycles. The van der Waals surface area contributed by atoms with Crippen LogP contribution in [0.2, 0.25) is 0 Å². The molecule has 80 valence electrons. The lowest BCUT2D eigenvalue weighted by Gasteiger charge is -2.01. The number of rotatable bonds is 3. The van der Waals surface area contributed by atoms with Crippen molar-refractivity contribution in [1.82, 2.24) is 9.38 Å². The van der Waals surface area contributed by atoms with Crippen molar-refractivity contribution in [3.05, 3.63) is 35.3 Å². The lowest BCUT2D eigenvalue weighted by molar-refractivity contribution is 0.943. The number of aryl methyl sites for hydroxylation is 2. The molecule has 0 aliphatic carbocycles. The molecule has 0 amide bonds. The molecule has 2 heterocycles. The van der Waals surface area contributed by atoms with Crippen LogP contribution in [0.25, 0.3) is 5.65 Å². The largest absolute Gasteiger partial charge is 0.330 e. The van der Waals surface area contributed by atoms with E-state index in [1.165, 1.54) is 17.0 Å². The highest BCUT2D eigenvalue weighted by molar-refractivity contribution is 5.44. The average Bonchev–Trinajstić information content (AvgIpc) is 2.56. The Morgan fingerprint density at radius 3 is 2.87 bits per heavy atom. The molecule has 0 bridgehead atoms. The van der Waals surface area contributed by atoms with E-state index in [4.69, 9.17) is 5.73 Å². The van der Waals surface area contributed by atoms with E-state index < -0.39 is 0 Å². The monoisotopic (exact) mass is 203 g/mol. The van der Waals surface area contributed by atoms with Crippen molar-refractivity contribution in [2.24, 2.45) is 5.73 Å². The molecule has 2 aromatic heterocycles. The molecule has 0 radical (unpaired) electrons. The third kappa shape index (κ3) is 1.75. The second-order valence-corrected chi connectivity index (χ2v) is 3.80. The van der Waals surface area contributed by atoms with Gasteiger partial charge in [-0.25, -0.2) is 4.98 Å². The summed E-state index contributed by atoms with van der Waals surface area (Å²) in [5.74, 6) is 0. The maximum absolute atomic E-state index is 5.55. The normalized spacial score (nSPS) is 11.1. The van der Waals surface area contributed by atoms with E-state index in [9.17, 15) is 0 Å². The van der Waals surface area contributed by atoms with Gasteiger partial charge in [-0.1, -0.05) is 13.0 Å². The molecule has 15 heavy (non-hydrogen) atoms. The van der Waals surface area contributed by atoms with Crippen LogP contribution in [0.4, 0.5) is 0 Å². The van der Waals surface area contributed by atoms with Crippen LogP contribution < -0.4 is 5.73 Å². The van der Waals surface area contributed by atoms with Gasteiger partial charge in [0, 0.05) is 11.9 Å². The molecule has 0 unspecified atom stereocenters. The zero-order valence-electron chi connectivity index (χ0n) is 9.33. The third-order valence-electron chi connectivity index (χ3n) is 2.78. The molecule has 0 saturated heterocycles.